The summed E-state index contributed by atoms with van der Waals surface area (Å²) in [4.78, 5) is 40.5. The van der Waals surface area contributed by atoms with Crippen molar-refractivity contribution in [2.24, 2.45) is 11.8 Å². The van der Waals surface area contributed by atoms with Crippen molar-refractivity contribution in [1.82, 2.24) is 4.90 Å². The number of allylic oxidation sites excluding steroid dienone is 2. The number of imide groups is 1. The topological polar surface area (TPSA) is 93.1 Å². The summed E-state index contributed by atoms with van der Waals surface area (Å²) in [6, 6.07) is 9.12. The summed E-state index contributed by atoms with van der Waals surface area (Å²) in [5.74, 6) is -0.945. The van der Waals surface area contributed by atoms with Gasteiger partial charge in [0.25, 0.3) is 0 Å². The molecule has 3 rings (SSSR count). The molecule has 202 valence electrons. The summed E-state index contributed by atoms with van der Waals surface area (Å²) in [7, 11) is 0. The fourth-order valence-electron chi connectivity index (χ4n) is 4.83. The fraction of sp³-hybridized carbons (Fsp3) is 0.567. The van der Waals surface area contributed by atoms with E-state index in [0.29, 0.717) is 5.76 Å². The van der Waals surface area contributed by atoms with Crippen LogP contribution in [0.15, 0.2) is 54.3 Å². The quantitative estimate of drug-likeness (QED) is 0.338. The van der Waals surface area contributed by atoms with Crippen LogP contribution in [0.5, 0.6) is 0 Å². The van der Waals surface area contributed by atoms with Gasteiger partial charge in [-0.2, -0.15) is 0 Å². The van der Waals surface area contributed by atoms with E-state index in [4.69, 9.17) is 14.6 Å². The first-order valence-electron chi connectivity index (χ1n) is 13.7. The number of carbonyl (C=O) groups excluding carboxylic acids is 3. The molecular weight excluding hydrogens is 470 g/mol. The molecule has 0 aromatic heterocycles. The summed E-state index contributed by atoms with van der Waals surface area (Å²) in [6.07, 6.45) is 12.1. The Morgan fingerprint density at radius 3 is 2.38 bits per heavy atom. The molecule has 7 heteroatoms. The van der Waals surface area contributed by atoms with Gasteiger partial charge in [0.15, 0.2) is 11.9 Å². The van der Waals surface area contributed by atoms with E-state index in [0.717, 1.165) is 50.5 Å². The van der Waals surface area contributed by atoms with Crippen molar-refractivity contribution >= 4 is 17.8 Å². The highest BCUT2D eigenvalue weighted by Gasteiger charge is 2.46. The maximum absolute atomic E-state index is 13.8. The molecule has 2 aliphatic rings. The summed E-state index contributed by atoms with van der Waals surface area (Å²) in [5.41, 5.74) is 0.894. The average Bonchev–Trinajstić information content (AvgIpc) is 3.29. The Morgan fingerprint density at radius 1 is 1.03 bits per heavy atom. The van der Waals surface area contributed by atoms with E-state index in [1.165, 1.54) is 17.4 Å². The molecule has 7 nitrogen and oxygen atoms in total. The highest BCUT2D eigenvalue weighted by atomic mass is 16.6. The monoisotopic (exact) mass is 511 g/mol. The van der Waals surface area contributed by atoms with Gasteiger partial charge in [-0.3, -0.25) is 9.59 Å². The van der Waals surface area contributed by atoms with Crippen LogP contribution in [0.4, 0.5) is 4.79 Å². The lowest BCUT2D eigenvalue weighted by atomic mass is 9.88. The molecule has 1 fully saturated rings. The van der Waals surface area contributed by atoms with E-state index in [1.54, 1.807) is 6.08 Å². The van der Waals surface area contributed by atoms with Crippen molar-refractivity contribution in [1.29, 1.82) is 0 Å². The van der Waals surface area contributed by atoms with Gasteiger partial charge in [0, 0.05) is 6.61 Å². The number of aliphatic hydroxyl groups is 1. The molecule has 3 atom stereocenters. The number of aliphatic hydroxyl groups excluding tert-OH is 1. The smallest absolute Gasteiger partial charge is 0.416 e. The molecule has 0 bridgehead atoms. The molecule has 2 heterocycles. The van der Waals surface area contributed by atoms with E-state index in [2.05, 4.69) is 0 Å². The van der Waals surface area contributed by atoms with Gasteiger partial charge < -0.3 is 14.6 Å². The number of nitrogens with zero attached hydrogens (tertiary/aromatic N) is 1. The van der Waals surface area contributed by atoms with Gasteiger partial charge in [-0.1, -0.05) is 76.3 Å². The van der Waals surface area contributed by atoms with E-state index in [9.17, 15) is 14.4 Å². The minimum atomic E-state index is -1.00. The first-order valence-corrected chi connectivity index (χ1v) is 13.7. The molecule has 1 aromatic carbocycles. The molecule has 0 spiro atoms. The van der Waals surface area contributed by atoms with E-state index in [1.807, 2.05) is 50.3 Å². The molecule has 0 aliphatic carbocycles. The lowest BCUT2D eigenvalue weighted by Gasteiger charge is -2.32. The number of rotatable bonds is 14. The molecule has 2 aliphatic heterocycles. The maximum Gasteiger partial charge on any atom is 0.416 e. The molecule has 0 radical (unpaired) electrons. The van der Waals surface area contributed by atoms with E-state index < -0.39 is 24.0 Å². The highest BCUT2D eigenvalue weighted by molar-refractivity contribution is 6.02. The van der Waals surface area contributed by atoms with Crippen LogP contribution in [0.1, 0.15) is 70.8 Å². The zero-order chi connectivity index (χ0) is 26.6. The molecule has 0 unspecified atom stereocenters. The Hall–Kier alpha value is -2.93. The molecule has 1 saturated heterocycles. The Kier molecular flexibility index (Phi) is 11.4. The van der Waals surface area contributed by atoms with Crippen LogP contribution < -0.4 is 0 Å². The van der Waals surface area contributed by atoms with Crippen LogP contribution in [0.3, 0.4) is 0 Å². The van der Waals surface area contributed by atoms with Crippen LogP contribution in [0.25, 0.3) is 0 Å². The second-order valence-electron chi connectivity index (χ2n) is 10.3. The molecule has 1 N–H and O–H groups in total. The Bertz CT molecular complexity index is 954. The summed E-state index contributed by atoms with van der Waals surface area (Å²) in [5, 5.41) is 8.85. The number of carbonyl (C=O) groups is 3. The van der Waals surface area contributed by atoms with Crippen molar-refractivity contribution in [2.75, 3.05) is 13.2 Å². The van der Waals surface area contributed by atoms with Crippen LogP contribution >= 0.6 is 0 Å². The molecule has 0 saturated carbocycles. The fourth-order valence-corrected chi connectivity index (χ4v) is 4.83. The highest BCUT2D eigenvalue weighted by Crippen LogP contribution is 2.29. The summed E-state index contributed by atoms with van der Waals surface area (Å²) in [6.45, 7) is 4.31. The van der Waals surface area contributed by atoms with Gasteiger partial charge >= 0.3 is 6.09 Å². The Labute approximate surface area is 220 Å². The standard InChI is InChI=1S/C30H41NO6/c1-22(2)26-21-36-30(35)31(26)29(34)25(20-23-14-10-9-11-15-23)28-27(33)18-17-24(37-28)16-12-7-5-3-4-6-8-13-19-32/h9-11,14-18,22,25-26,28,32H,3-8,12-13,19-21H2,1-2H3/t25-,26+,28-/m1/s1. The Balaban J connectivity index is 1.68. The minimum Gasteiger partial charge on any atom is -0.482 e. The number of ketones is 1. The molecule has 1 aromatic rings. The van der Waals surface area contributed by atoms with Crippen molar-refractivity contribution in [3.05, 3.63) is 59.9 Å². The van der Waals surface area contributed by atoms with E-state index in [-0.39, 0.29) is 37.4 Å². The van der Waals surface area contributed by atoms with Crippen molar-refractivity contribution < 1.29 is 29.0 Å². The SMILES string of the molecule is CC(C)[C@@H]1COC(=O)N1C(=O)[C@H](Cc1ccccc1)[C@H]1OC(=CCCCCCCCCCO)C=CC1=O. The maximum atomic E-state index is 13.8. The number of cyclic esters (lactones) is 1. The van der Waals surface area contributed by atoms with Crippen molar-refractivity contribution in [2.45, 2.75) is 83.8 Å². The van der Waals surface area contributed by atoms with Gasteiger partial charge in [-0.25, -0.2) is 9.69 Å². The number of hydrogen-bond acceptors (Lipinski definition) is 6. The first kappa shape index (κ1) is 28.6. The number of benzene rings is 1. The summed E-state index contributed by atoms with van der Waals surface area (Å²) < 4.78 is 11.3. The van der Waals surface area contributed by atoms with Crippen LogP contribution in [0.2, 0.25) is 0 Å². The third-order valence-electron chi connectivity index (χ3n) is 7.06. The molecule has 2 amide bonds. The predicted octanol–water partition coefficient (Wildman–Crippen LogP) is 5.37. The van der Waals surface area contributed by atoms with Crippen molar-refractivity contribution in [3.8, 4) is 0 Å². The van der Waals surface area contributed by atoms with Gasteiger partial charge in [-0.15, -0.1) is 0 Å². The summed E-state index contributed by atoms with van der Waals surface area (Å²) >= 11 is 0. The normalized spacial score (nSPS) is 21.4. The second-order valence-corrected chi connectivity index (χ2v) is 10.3. The molecule has 37 heavy (non-hydrogen) atoms. The number of amides is 2. The Morgan fingerprint density at radius 2 is 1.70 bits per heavy atom. The average molecular weight is 512 g/mol. The largest absolute Gasteiger partial charge is 0.482 e. The van der Waals surface area contributed by atoms with Crippen LogP contribution in [-0.2, 0) is 25.5 Å². The predicted molar refractivity (Wildman–Crippen MR) is 142 cm³/mol. The minimum absolute atomic E-state index is 0.0285. The van der Waals surface area contributed by atoms with Crippen LogP contribution in [0, 0.1) is 11.8 Å². The zero-order valence-corrected chi connectivity index (χ0v) is 22.1. The van der Waals surface area contributed by atoms with Crippen molar-refractivity contribution in [3.63, 3.8) is 0 Å². The van der Waals surface area contributed by atoms with Gasteiger partial charge in [0.2, 0.25) is 5.91 Å². The third kappa shape index (κ3) is 8.29. The van der Waals surface area contributed by atoms with E-state index >= 15 is 0 Å². The third-order valence-corrected chi connectivity index (χ3v) is 7.06. The van der Waals surface area contributed by atoms with Gasteiger partial charge in [0.1, 0.15) is 12.4 Å². The lowest BCUT2D eigenvalue weighted by molar-refractivity contribution is -0.144. The van der Waals surface area contributed by atoms with Crippen LogP contribution in [-0.4, -0.2) is 53.1 Å². The lowest BCUT2D eigenvalue weighted by Crippen LogP contribution is -2.50. The van der Waals surface area contributed by atoms with Gasteiger partial charge in [0.05, 0.1) is 12.0 Å². The zero-order valence-electron chi connectivity index (χ0n) is 22.1. The first-order chi connectivity index (χ1) is 17.9. The number of hydrogen-bond donors (Lipinski definition) is 1. The second kappa shape index (κ2) is 14.7. The molecular formula is C30H41NO6. The number of unbranched alkanes of at least 4 members (excludes halogenated alkanes) is 7. The number of ether oxygens (including phenoxy) is 2. The van der Waals surface area contributed by atoms with Gasteiger partial charge in [-0.05, 0) is 55.4 Å².